The Bertz CT molecular complexity index is 880. The van der Waals surface area contributed by atoms with Gasteiger partial charge in [0.25, 0.3) is 10.0 Å². The van der Waals surface area contributed by atoms with Crippen molar-refractivity contribution < 1.29 is 13.5 Å². The van der Waals surface area contributed by atoms with Gasteiger partial charge in [-0.2, -0.15) is 0 Å². The van der Waals surface area contributed by atoms with Gasteiger partial charge in [-0.1, -0.05) is 23.8 Å². The zero-order valence-corrected chi connectivity index (χ0v) is 11.5. The fourth-order valence-corrected chi connectivity index (χ4v) is 3.30. The zero-order chi connectivity index (χ0) is 14.3. The van der Waals surface area contributed by atoms with Gasteiger partial charge in [-0.25, -0.2) is 17.4 Å². The molecule has 0 aliphatic carbocycles. The van der Waals surface area contributed by atoms with Crippen molar-refractivity contribution >= 4 is 21.1 Å². The number of rotatable bonds is 2. The van der Waals surface area contributed by atoms with E-state index in [1.807, 2.05) is 6.92 Å². The third kappa shape index (κ3) is 1.85. The van der Waals surface area contributed by atoms with Crippen LogP contribution in [0.25, 0.3) is 11.0 Å². The summed E-state index contributed by atoms with van der Waals surface area (Å²) in [6.45, 7) is 1.89. The Morgan fingerprint density at radius 2 is 1.80 bits per heavy atom. The normalized spacial score (nSPS) is 11.8. The van der Waals surface area contributed by atoms with Crippen LogP contribution in [0.2, 0.25) is 0 Å². The van der Waals surface area contributed by atoms with Crippen LogP contribution in [0.15, 0.2) is 53.7 Å². The lowest BCUT2D eigenvalue weighted by Crippen LogP contribution is -2.11. The number of imidazole rings is 1. The van der Waals surface area contributed by atoms with Crippen LogP contribution in [-0.4, -0.2) is 22.5 Å². The van der Waals surface area contributed by atoms with Crippen molar-refractivity contribution in [3.05, 3.63) is 54.4 Å². The number of phenolic OH excluding ortho intramolecular Hbond substituents is 1. The molecule has 0 saturated carbocycles. The molecular weight excluding hydrogens is 276 g/mol. The molecule has 1 heterocycles. The summed E-state index contributed by atoms with van der Waals surface area (Å²) in [5, 5.41) is 9.69. The van der Waals surface area contributed by atoms with Gasteiger partial charge >= 0.3 is 0 Å². The summed E-state index contributed by atoms with van der Waals surface area (Å²) < 4.78 is 26.2. The number of phenols is 1. The highest BCUT2D eigenvalue weighted by atomic mass is 32.2. The molecule has 0 radical (unpaired) electrons. The van der Waals surface area contributed by atoms with Crippen LogP contribution in [0.3, 0.4) is 0 Å². The summed E-state index contributed by atoms with van der Waals surface area (Å²) in [6.07, 6.45) is 1.21. The second kappa shape index (κ2) is 4.35. The van der Waals surface area contributed by atoms with Gasteiger partial charge in [0.05, 0.1) is 10.4 Å². The number of nitrogens with zero attached hydrogens (tertiary/aromatic N) is 2. The lowest BCUT2D eigenvalue weighted by molar-refractivity contribution is 0.480. The van der Waals surface area contributed by atoms with Gasteiger partial charge in [0.1, 0.15) is 17.6 Å². The van der Waals surface area contributed by atoms with Crippen molar-refractivity contribution in [2.45, 2.75) is 11.8 Å². The van der Waals surface area contributed by atoms with Crippen LogP contribution in [-0.2, 0) is 10.0 Å². The predicted molar refractivity (Wildman–Crippen MR) is 75.2 cm³/mol. The highest BCUT2D eigenvalue weighted by molar-refractivity contribution is 7.90. The molecule has 0 amide bonds. The molecule has 0 aliphatic rings. The third-order valence-corrected chi connectivity index (χ3v) is 4.78. The van der Waals surface area contributed by atoms with Gasteiger partial charge in [-0.3, -0.25) is 0 Å². The van der Waals surface area contributed by atoms with E-state index >= 15 is 0 Å². The Morgan fingerprint density at radius 3 is 2.50 bits per heavy atom. The number of hydrogen-bond acceptors (Lipinski definition) is 4. The van der Waals surface area contributed by atoms with E-state index in [2.05, 4.69) is 4.98 Å². The van der Waals surface area contributed by atoms with E-state index in [-0.39, 0.29) is 16.2 Å². The summed E-state index contributed by atoms with van der Waals surface area (Å²) in [4.78, 5) is 4.15. The monoisotopic (exact) mass is 288 g/mol. The summed E-state index contributed by atoms with van der Waals surface area (Å²) >= 11 is 0. The molecule has 5 nitrogen and oxygen atoms in total. The average Bonchev–Trinajstić information content (AvgIpc) is 2.85. The van der Waals surface area contributed by atoms with Crippen LogP contribution in [0.4, 0.5) is 0 Å². The third-order valence-electron chi connectivity index (χ3n) is 3.10. The number of fused-ring (bicyclic) bond motifs is 1. The molecule has 0 spiro atoms. The standard InChI is InChI=1S/C14H12N2O3S/c1-10-5-7-11(8-6-10)20(18,19)16-9-15-14-12(16)3-2-4-13(14)17/h2-9,17H,1H3. The Labute approximate surface area is 116 Å². The van der Waals surface area contributed by atoms with Crippen molar-refractivity contribution in [1.82, 2.24) is 8.96 Å². The first-order chi connectivity index (χ1) is 9.50. The second-order valence-corrected chi connectivity index (χ2v) is 6.32. The zero-order valence-electron chi connectivity index (χ0n) is 10.7. The maximum atomic E-state index is 12.6. The predicted octanol–water partition coefficient (Wildman–Crippen LogP) is 2.29. The summed E-state index contributed by atoms with van der Waals surface area (Å²) in [5.41, 5.74) is 1.60. The Morgan fingerprint density at radius 1 is 1.10 bits per heavy atom. The molecule has 0 saturated heterocycles. The van der Waals surface area contributed by atoms with Gasteiger partial charge in [0.2, 0.25) is 0 Å². The molecule has 1 N–H and O–H groups in total. The topological polar surface area (TPSA) is 72.2 Å². The lowest BCUT2D eigenvalue weighted by atomic mass is 10.2. The van der Waals surface area contributed by atoms with Gasteiger partial charge < -0.3 is 5.11 Å². The summed E-state index contributed by atoms with van der Waals surface area (Å²) in [7, 11) is -3.71. The van der Waals surface area contributed by atoms with E-state index in [1.54, 1.807) is 36.4 Å². The molecule has 1 aromatic heterocycles. The Balaban J connectivity index is 2.24. The maximum Gasteiger partial charge on any atom is 0.269 e. The van der Waals surface area contributed by atoms with E-state index in [0.717, 1.165) is 9.54 Å². The van der Waals surface area contributed by atoms with E-state index in [4.69, 9.17) is 0 Å². The SMILES string of the molecule is Cc1ccc(S(=O)(=O)n2cnc3c(O)cccc32)cc1. The highest BCUT2D eigenvalue weighted by Gasteiger charge is 2.20. The van der Waals surface area contributed by atoms with Crippen LogP contribution < -0.4 is 0 Å². The first-order valence-corrected chi connectivity index (χ1v) is 7.41. The van der Waals surface area contributed by atoms with Crippen LogP contribution in [0.5, 0.6) is 5.75 Å². The molecule has 2 aromatic carbocycles. The average molecular weight is 288 g/mol. The fraction of sp³-hybridized carbons (Fsp3) is 0.0714. The van der Waals surface area contributed by atoms with Gasteiger partial charge in [-0.15, -0.1) is 0 Å². The number of aryl methyl sites for hydroxylation is 1. The number of hydrogen-bond donors (Lipinski definition) is 1. The molecule has 20 heavy (non-hydrogen) atoms. The Kier molecular flexibility index (Phi) is 2.76. The number of aromatic hydroxyl groups is 1. The molecule has 0 aliphatic heterocycles. The molecule has 3 rings (SSSR count). The molecule has 0 fully saturated rings. The van der Waals surface area contributed by atoms with E-state index in [0.29, 0.717) is 5.52 Å². The van der Waals surface area contributed by atoms with Crippen molar-refractivity contribution in [2.24, 2.45) is 0 Å². The van der Waals surface area contributed by atoms with Crippen LogP contribution >= 0.6 is 0 Å². The van der Waals surface area contributed by atoms with Crippen LogP contribution in [0.1, 0.15) is 5.56 Å². The molecule has 3 aromatic rings. The molecule has 0 unspecified atom stereocenters. The molecular formula is C14H12N2O3S. The molecule has 0 bridgehead atoms. The van der Waals surface area contributed by atoms with Gasteiger partial charge in [0.15, 0.2) is 0 Å². The Hall–Kier alpha value is -2.34. The summed E-state index contributed by atoms with van der Waals surface area (Å²) in [5.74, 6) is -0.0413. The van der Waals surface area contributed by atoms with Gasteiger partial charge in [0, 0.05) is 0 Å². The quantitative estimate of drug-likeness (QED) is 0.785. The molecule has 6 heteroatoms. The lowest BCUT2D eigenvalue weighted by Gasteiger charge is -2.07. The minimum Gasteiger partial charge on any atom is -0.506 e. The first kappa shape index (κ1) is 12.7. The molecule has 102 valence electrons. The number of aromatic nitrogens is 2. The highest BCUT2D eigenvalue weighted by Crippen LogP contribution is 2.25. The fourth-order valence-electron chi connectivity index (χ4n) is 2.02. The number of benzene rings is 2. The molecule has 0 atom stereocenters. The van der Waals surface area contributed by atoms with Crippen molar-refractivity contribution in [3.8, 4) is 5.75 Å². The number of para-hydroxylation sites is 1. The van der Waals surface area contributed by atoms with E-state index < -0.39 is 10.0 Å². The maximum absolute atomic E-state index is 12.6. The first-order valence-electron chi connectivity index (χ1n) is 5.97. The smallest absolute Gasteiger partial charge is 0.269 e. The van der Waals surface area contributed by atoms with Crippen LogP contribution in [0, 0.1) is 6.92 Å². The van der Waals surface area contributed by atoms with Crippen molar-refractivity contribution in [2.75, 3.05) is 0 Å². The second-order valence-electron chi connectivity index (χ2n) is 4.50. The van der Waals surface area contributed by atoms with Crippen molar-refractivity contribution in [1.29, 1.82) is 0 Å². The van der Waals surface area contributed by atoms with Crippen molar-refractivity contribution in [3.63, 3.8) is 0 Å². The summed E-state index contributed by atoms with van der Waals surface area (Å²) in [6, 6.07) is 11.2. The van der Waals surface area contributed by atoms with E-state index in [1.165, 1.54) is 12.4 Å². The van der Waals surface area contributed by atoms with Gasteiger partial charge in [-0.05, 0) is 31.2 Å². The minimum atomic E-state index is -3.71. The largest absolute Gasteiger partial charge is 0.506 e. The minimum absolute atomic E-state index is 0.0413. The van der Waals surface area contributed by atoms with E-state index in [9.17, 15) is 13.5 Å².